The zero-order valence-electron chi connectivity index (χ0n) is 12.6. The van der Waals surface area contributed by atoms with Crippen molar-refractivity contribution in [1.29, 1.82) is 0 Å². The number of benzene rings is 2. The second-order valence-electron chi connectivity index (χ2n) is 5.08. The minimum atomic E-state index is 0. The number of hydrogen-bond acceptors (Lipinski definition) is 4. The molecule has 1 heterocycles. The third-order valence-corrected chi connectivity index (χ3v) is 3.42. The third-order valence-electron chi connectivity index (χ3n) is 3.42. The molecule has 0 spiro atoms. The number of nitrogens with one attached hydrogen (secondary N) is 1. The number of rotatable bonds is 5. The van der Waals surface area contributed by atoms with Crippen molar-refractivity contribution in [3.63, 3.8) is 0 Å². The van der Waals surface area contributed by atoms with Gasteiger partial charge in [0.25, 0.3) is 0 Å². The van der Waals surface area contributed by atoms with Crippen molar-refractivity contribution >= 4 is 23.2 Å². The second-order valence-corrected chi connectivity index (χ2v) is 5.08. The number of aromatic nitrogens is 1. The van der Waals surface area contributed by atoms with Crippen LogP contribution in [0.5, 0.6) is 5.75 Å². The highest BCUT2D eigenvalue weighted by Crippen LogP contribution is 2.21. The summed E-state index contributed by atoms with van der Waals surface area (Å²) >= 11 is 0. The van der Waals surface area contributed by atoms with E-state index in [1.807, 2.05) is 25.1 Å². The van der Waals surface area contributed by atoms with Crippen LogP contribution in [0.4, 0.5) is 0 Å². The van der Waals surface area contributed by atoms with Gasteiger partial charge in [0.15, 0.2) is 0 Å². The van der Waals surface area contributed by atoms with Gasteiger partial charge >= 0.3 is 0 Å². The topological polar surface area (TPSA) is 47.3 Å². The molecule has 0 aliphatic carbocycles. The van der Waals surface area contributed by atoms with Gasteiger partial charge in [-0.2, -0.15) is 0 Å². The van der Waals surface area contributed by atoms with E-state index in [0.717, 1.165) is 23.7 Å². The molecule has 0 aliphatic rings. The molecule has 0 atom stereocenters. The number of ether oxygens (including phenoxy) is 1. The molecule has 1 N–H and O–H groups in total. The maximum atomic E-state index is 5.24. The molecule has 0 radical (unpaired) electrons. The summed E-state index contributed by atoms with van der Waals surface area (Å²) in [4.78, 5) is 0. The summed E-state index contributed by atoms with van der Waals surface area (Å²) in [5.41, 5.74) is 2.17. The van der Waals surface area contributed by atoms with Crippen molar-refractivity contribution < 1.29 is 9.26 Å². The van der Waals surface area contributed by atoms with Gasteiger partial charge in [0, 0.05) is 19.2 Å². The number of fused-ring (bicyclic) bond motifs is 1. The van der Waals surface area contributed by atoms with Gasteiger partial charge < -0.3 is 14.6 Å². The highest BCUT2D eigenvalue weighted by molar-refractivity contribution is 5.85. The van der Waals surface area contributed by atoms with Crippen LogP contribution in [0.1, 0.15) is 17.0 Å². The maximum absolute atomic E-state index is 5.24. The number of methoxy groups -OCH3 is 1. The Bertz CT molecular complexity index is 755. The quantitative estimate of drug-likeness (QED) is 0.776. The molecule has 0 unspecified atom stereocenters. The fourth-order valence-electron chi connectivity index (χ4n) is 2.35. The largest absolute Gasteiger partial charge is 0.497 e. The van der Waals surface area contributed by atoms with E-state index in [9.17, 15) is 0 Å². The molecule has 0 bridgehead atoms. The van der Waals surface area contributed by atoms with Crippen LogP contribution in [-0.2, 0) is 13.1 Å². The van der Waals surface area contributed by atoms with E-state index in [-0.39, 0.29) is 12.4 Å². The normalized spacial score (nSPS) is 10.5. The van der Waals surface area contributed by atoms with Gasteiger partial charge in [-0.3, -0.25) is 0 Å². The number of hydrogen-bond donors (Lipinski definition) is 1. The molecule has 116 valence electrons. The summed E-state index contributed by atoms with van der Waals surface area (Å²) in [5.74, 6) is 1.72. The van der Waals surface area contributed by atoms with E-state index >= 15 is 0 Å². The number of aryl methyl sites for hydroxylation is 1. The van der Waals surface area contributed by atoms with E-state index in [1.165, 1.54) is 16.3 Å². The molecular weight excluding hydrogens is 300 g/mol. The highest BCUT2D eigenvalue weighted by atomic mass is 35.5. The molecule has 3 rings (SSSR count). The first kappa shape index (κ1) is 16.3. The Kier molecular flexibility index (Phi) is 5.41. The fraction of sp³-hybridized carbons (Fsp3) is 0.235. The average Bonchev–Trinajstić information content (AvgIpc) is 2.92. The monoisotopic (exact) mass is 318 g/mol. The van der Waals surface area contributed by atoms with Crippen molar-refractivity contribution in [3.8, 4) is 5.75 Å². The Balaban J connectivity index is 0.00000176. The van der Waals surface area contributed by atoms with E-state index in [0.29, 0.717) is 6.54 Å². The molecule has 22 heavy (non-hydrogen) atoms. The van der Waals surface area contributed by atoms with Gasteiger partial charge in [-0.1, -0.05) is 23.4 Å². The van der Waals surface area contributed by atoms with Gasteiger partial charge in [0.05, 0.1) is 12.8 Å². The van der Waals surface area contributed by atoms with Gasteiger partial charge in [0.1, 0.15) is 11.5 Å². The van der Waals surface area contributed by atoms with Crippen LogP contribution in [0.2, 0.25) is 0 Å². The highest BCUT2D eigenvalue weighted by Gasteiger charge is 2.01. The predicted octanol–water partition coefficient (Wildman–Crippen LogP) is 3.86. The fourth-order valence-corrected chi connectivity index (χ4v) is 2.35. The molecule has 0 fully saturated rings. The van der Waals surface area contributed by atoms with E-state index in [4.69, 9.17) is 9.26 Å². The maximum Gasteiger partial charge on any atom is 0.133 e. The lowest BCUT2D eigenvalue weighted by atomic mass is 10.1. The first-order valence-electron chi connectivity index (χ1n) is 6.94. The zero-order valence-corrected chi connectivity index (χ0v) is 13.4. The van der Waals surface area contributed by atoms with Crippen LogP contribution < -0.4 is 10.1 Å². The second kappa shape index (κ2) is 7.29. The van der Waals surface area contributed by atoms with Crippen LogP contribution in [0.3, 0.4) is 0 Å². The summed E-state index contributed by atoms with van der Waals surface area (Å²) in [6.45, 7) is 3.40. The predicted molar refractivity (Wildman–Crippen MR) is 89.5 cm³/mol. The summed E-state index contributed by atoms with van der Waals surface area (Å²) < 4.78 is 10.3. The summed E-state index contributed by atoms with van der Waals surface area (Å²) in [7, 11) is 1.69. The summed E-state index contributed by atoms with van der Waals surface area (Å²) in [6.07, 6.45) is 0. The number of halogens is 1. The molecule has 5 heteroatoms. The molecule has 4 nitrogen and oxygen atoms in total. The first-order chi connectivity index (χ1) is 10.2. The molecule has 2 aromatic carbocycles. The number of nitrogens with zero attached hydrogens (tertiary/aromatic N) is 1. The van der Waals surface area contributed by atoms with Crippen molar-refractivity contribution in [2.45, 2.75) is 20.0 Å². The lowest BCUT2D eigenvalue weighted by molar-refractivity contribution is 0.388. The molecular formula is C17H19ClN2O2. The van der Waals surface area contributed by atoms with Crippen molar-refractivity contribution in [2.75, 3.05) is 7.11 Å². The van der Waals surface area contributed by atoms with Gasteiger partial charge in [-0.15, -0.1) is 12.4 Å². The molecule has 0 saturated carbocycles. The van der Waals surface area contributed by atoms with Crippen molar-refractivity contribution in [2.24, 2.45) is 0 Å². The minimum absolute atomic E-state index is 0. The lowest BCUT2D eigenvalue weighted by Gasteiger charge is -2.06. The van der Waals surface area contributed by atoms with E-state index < -0.39 is 0 Å². The van der Waals surface area contributed by atoms with Crippen LogP contribution in [-0.4, -0.2) is 12.3 Å². The Morgan fingerprint density at radius 2 is 1.82 bits per heavy atom. The summed E-state index contributed by atoms with van der Waals surface area (Å²) in [6, 6.07) is 14.5. The Hall–Kier alpha value is -2.04. The third kappa shape index (κ3) is 3.78. The standard InChI is InChI=1S/C17H18N2O2.ClH/c1-12-7-16(19-21-12)11-18-10-13-3-4-15-9-17(20-2)6-5-14(15)8-13;/h3-9,18H,10-11H2,1-2H3;1H. The summed E-state index contributed by atoms with van der Waals surface area (Å²) in [5, 5.41) is 9.74. The van der Waals surface area contributed by atoms with Gasteiger partial charge in [-0.25, -0.2) is 0 Å². The Labute approximate surface area is 135 Å². The van der Waals surface area contributed by atoms with Crippen molar-refractivity contribution in [1.82, 2.24) is 10.5 Å². The van der Waals surface area contributed by atoms with Crippen LogP contribution in [0.15, 0.2) is 47.0 Å². The Morgan fingerprint density at radius 3 is 2.55 bits per heavy atom. The van der Waals surface area contributed by atoms with Crippen LogP contribution in [0.25, 0.3) is 10.8 Å². The average molecular weight is 319 g/mol. The first-order valence-corrected chi connectivity index (χ1v) is 6.94. The molecule has 1 aromatic heterocycles. The van der Waals surface area contributed by atoms with E-state index in [2.05, 4.69) is 34.7 Å². The Morgan fingerprint density at radius 1 is 1.05 bits per heavy atom. The van der Waals surface area contributed by atoms with Crippen LogP contribution >= 0.6 is 12.4 Å². The van der Waals surface area contributed by atoms with Gasteiger partial charge in [-0.05, 0) is 41.5 Å². The van der Waals surface area contributed by atoms with E-state index in [1.54, 1.807) is 7.11 Å². The molecule has 0 saturated heterocycles. The van der Waals surface area contributed by atoms with Crippen LogP contribution in [0, 0.1) is 6.92 Å². The molecule has 0 amide bonds. The molecule has 3 aromatic rings. The minimum Gasteiger partial charge on any atom is -0.497 e. The zero-order chi connectivity index (χ0) is 14.7. The van der Waals surface area contributed by atoms with Gasteiger partial charge in [0.2, 0.25) is 0 Å². The SMILES string of the molecule is COc1ccc2cc(CNCc3cc(C)on3)ccc2c1.Cl. The lowest BCUT2D eigenvalue weighted by Crippen LogP contribution is -2.12. The molecule has 0 aliphatic heterocycles. The smallest absolute Gasteiger partial charge is 0.133 e. The van der Waals surface area contributed by atoms with Crippen molar-refractivity contribution in [3.05, 3.63) is 59.5 Å².